The van der Waals surface area contributed by atoms with Gasteiger partial charge in [-0.3, -0.25) is 9.59 Å². The van der Waals surface area contributed by atoms with Crippen molar-refractivity contribution in [3.8, 4) is 0 Å². The molecule has 178 valence electrons. The van der Waals surface area contributed by atoms with Crippen LogP contribution in [0.1, 0.15) is 53.5 Å². The zero-order valence-corrected chi connectivity index (χ0v) is 19.6. The van der Waals surface area contributed by atoms with Crippen LogP contribution in [-0.2, 0) is 25.6 Å². The summed E-state index contributed by atoms with van der Waals surface area (Å²) in [5, 5.41) is 10.3. The van der Waals surface area contributed by atoms with Crippen LogP contribution in [0.5, 0.6) is 0 Å². The zero-order valence-electron chi connectivity index (χ0n) is 19.6. The van der Waals surface area contributed by atoms with E-state index < -0.39 is 29.3 Å². The van der Waals surface area contributed by atoms with Crippen molar-refractivity contribution in [2.24, 2.45) is 0 Å². The number of nitrogens with one attached hydrogen (secondary N) is 4. The minimum absolute atomic E-state index is 0.0553. The number of para-hydroxylation sites is 1. The van der Waals surface area contributed by atoms with E-state index in [-0.39, 0.29) is 32.0 Å². The van der Waals surface area contributed by atoms with E-state index in [1.54, 1.807) is 65.8 Å². The van der Waals surface area contributed by atoms with Gasteiger partial charge >= 0.3 is 12.2 Å². The van der Waals surface area contributed by atoms with Crippen LogP contribution in [0, 0.1) is 0 Å². The number of anilines is 1. The Morgan fingerprint density at radius 3 is 1.94 bits per heavy atom. The van der Waals surface area contributed by atoms with Crippen molar-refractivity contribution in [3.05, 3.63) is 29.8 Å². The van der Waals surface area contributed by atoms with Gasteiger partial charge in [0.2, 0.25) is 11.8 Å². The number of hydrogen-bond acceptors (Lipinski definition) is 6. The van der Waals surface area contributed by atoms with E-state index in [1.807, 2.05) is 0 Å². The average Bonchev–Trinajstić information content (AvgIpc) is 2.63. The normalized spacial score (nSPS) is 11.2. The summed E-state index contributed by atoms with van der Waals surface area (Å²) in [5.41, 5.74) is -0.0418. The lowest BCUT2D eigenvalue weighted by molar-refractivity contribution is -0.120. The molecule has 0 fully saturated rings. The van der Waals surface area contributed by atoms with Crippen LogP contribution < -0.4 is 21.3 Å². The van der Waals surface area contributed by atoms with Gasteiger partial charge in [-0.1, -0.05) is 18.2 Å². The molecule has 0 spiro atoms. The highest BCUT2D eigenvalue weighted by molar-refractivity contribution is 5.92. The highest BCUT2D eigenvalue weighted by atomic mass is 16.6. The molecule has 32 heavy (non-hydrogen) atoms. The number of rotatable bonds is 8. The van der Waals surface area contributed by atoms with E-state index in [4.69, 9.17) is 9.47 Å². The molecule has 1 rings (SSSR count). The van der Waals surface area contributed by atoms with Crippen LogP contribution in [0.25, 0.3) is 0 Å². The van der Waals surface area contributed by atoms with Gasteiger partial charge in [0.15, 0.2) is 0 Å². The zero-order chi connectivity index (χ0) is 24.4. The highest BCUT2D eigenvalue weighted by Crippen LogP contribution is 2.15. The van der Waals surface area contributed by atoms with Crippen molar-refractivity contribution in [2.45, 2.75) is 65.7 Å². The molecular formula is C22H34N4O6. The first kappa shape index (κ1) is 26.7. The van der Waals surface area contributed by atoms with E-state index >= 15 is 0 Å². The van der Waals surface area contributed by atoms with Crippen LogP contribution in [0.3, 0.4) is 0 Å². The van der Waals surface area contributed by atoms with Crippen molar-refractivity contribution >= 4 is 29.7 Å². The van der Waals surface area contributed by atoms with Gasteiger partial charge < -0.3 is 30.7 Å². The van der Waals surface area contributed by atoms with Crippen LogP contribution in [0.15, 0.2) is 24.3 Å². The van der Waals surface area contributed by atoms with Gasteiger partial charge in [0, 0.05) is 25.2 Å². The molecule has 4 amide bonds. The maximum atomic E-state index is 12.2. The molecule has 1 aromatic rings. The molecule has 0 heterocycles. The summed E-state index contributed by atoms with van der Waals surface area (Å²) < 4.78 is 10.2. The molecule has 0 radical (unpaired) electrons. The monoisotopic (exact) mass is 450 g/mol. The van der Waals surface area contributed by atoms with Gasteiger partial charge in [-0.15, -0.1) is 0 Å². The molecule has 0 bridgehead atoms. The smallest absolute Gasteiger partial charge is 0.408 e. The van der Waals surface area contributed by atoms with Gasteiger partial charge in [0.05, 0.1) is 0 Å². The van der Waals surface area contributed by atoms with E-state index in [9.17, 15) is 19.2 Å². The van der Waals surface area contributed by atoms with E-state index in [0.717, 1.165) is 0 Å². The van der Waals surface area contributed by atoms with Gasteiger partial charge in [0.25, 0.3) is 0 Å². The van der Waals surface area contributed by atoms with Gasteiger partial charge in [-0.2, -0.15) is 0 Å². The second kappa shape index (κ2) is 11.9. The molecule has 0 saturated carbocycles. The number of ether oxygens (including phenoxy) is 2. The molecular weight excluding hydrogens is 416 g/mol. The lowest BCUT2D eigenvalue weighted by Gasteiger charge is -2.19. The lowest BCUT2D eigenvalue weighted by atomic mass is 10.1. The summed E-state index contributed by atoms with van der Waals surface area (Å²) in [4.78, 5) is 47.5. The number of hydrogen-bond donors (Lipinski definition) is 4. The Labute approximate surface area is 188 Å². The van der Waals surface area contributed by atoms with Crippen LogP contribution in [0.2, 0.25) is 0 Å². The Balaban J connectivity index is 2.46. The summed E-state index contributed by atoms with van der Waals surface area (Å²) >= 11 is 0. The van der Waals surface area contributed by atoms with Gasteiger partial charge in [-0.25, -0.2) is 9.59 Å². The van der Waals surface area contributed by atoms with Gasteiger partial charge in [-0.05, 0) is 53.2 Å². The van der Waals surface area contributed by atoms with E-state index in [1.165, 1.54) is 0 Å². The fourth-order valence-electron chi connectivity index (χ4n) is 2.32. The highest BCUT2D eigenvalue weighted by Gasteiger charge is 2.17. The maximum absolute atomic E-state index is 12.2. The Morgan fingerprint density at radius 1 is 0.781 bits per heavy atom. The molecule has 0 aliphatic carbocycles. The Morgan fingerprint density at radius 2 is 1.34 bits per heavy atom. The number of amides is 4. The molecule has 0 atom stereocenters. The van der Waals surface area contributed by atoms with Crippen LogP contribution in [0.4, 0.5) is 15.3 Å². The molecule has 10 heteroatoms. The SMILES string of the molecule is CC(C)(C)OC(=O)NCCC(=O)Nc1ccccc1CNC(=O)CNC(=O)OC(C)(C)C. The minimum Gasteiger partial charge on any atom is -0.444 e. The number of carbonyl (C=O) groups is 4. The second-order valence-corrected chi connectivity index (χ2v) is 9.02. The number of carbonyl (C=O) groups excluding carboxylic acids is 4. The summed E-state index contributed by atoms with van der Waals surface area (Å²) in [5.74, 6) is -0.704. The van der Waals surface area contributed by atoms with E-state index in [2.05, 4.69) is 21.3 Å². The first-order chi connectivity index (χ1) is 14.7. The first-order valence-electron chi connectivity index (χ1n) is 10.3. The molecule has 0 aromatic heterocycles. The third-order valence-corrected chi connectivity index (χ3v) is 3.58. The Bertz CT molecular complexity index is 811. The van der Waals surface area contributed by atoms with Crippen molar-refractivity contribution < 1.29 is 28.7 Å². The summed E-state index contributed by atoms with van der Waals surface area (Å²) in [7, 11) is 0. The van der Waals surface area contributed by atoms with Gasteiger partial charge in [0.1, 0.15) is 17.7 Å². The summed E-state index contributed by atoms with van der Waals surface area (Å²) in [6, 6.07) is 7.00. The number of alkyl carbamates (subject to hydrolysis) is 2. The predicted octanol–water partition coefficient (Wildman–Crippen LogP) is 2.68. The molecule has 0 aliphatic heterocycles. The third-order valence-electron chi connectivity index (χ3n) is 3.58. The molecule has 0 unspecified atom stereocenters. The standard InChI is InChI=1S/C22H34N4O6/c1-21(2,3)31-19(29)23-12-11-17(27)26-16-10-8-7-9-15(16)13-24-18(28)14-25-20(30)32-22(4,5)6/h7-10H,11-14H2,1-6H3,(H,23,29)(H,24,28)(H,25,30)(H,26,27). The quantitative estimate of drug-likeness (QED) is 0.481. The van der Waals surface area contributed by atoms with Crippen LogP contribution >= 0.6 is 0 Å². The average molecular weight is 451 g/mol. The largest absolute Gasteiger partial charge is 0.444 e. The Hall–Kier alpha value is -3.30. The summed E-state index contributed by atoms with van der Waals surface area (Å²) in [6.07, 6.45) is -1.21. The number of benzene rings is 1. The van der Waals surface area contributed by atoms with Crippen molar-refractivity contribution in [2.75, 3.05) is 18.4 Å². The molecule has 1 aromatic carbocycles. The van der Waals surface area contributed by atoms with Crippen molar-refractivity contribution in [3.63, 3.8) is 0 Å². The van der Waals surface area contributed by atoms with Crippen molar-refractivity contribution in [1.82, 2.24) is 16.0 Å². The third kappa shape index (κ3) is 12.4. The minimum atomic E-state index is -0.680. The topological polar surface area (TPSA) is 135 Å². The lowest BCUT2D eigenvalue weighted by Crippen LogP contribution is -2.39. The molecule has 0 aliphatic rings. The second-order valence-electron chi connectivity index (χ2n) is 9.02. The van der Waals surface area contributed by atoms with Crippen LogP contribution in [-0.4, -0.2) is 48.3 Å². The maximum Gasteiger partial charge on any atom is 0.408 e. The van der Waals surface area contributed by atoms with Crippen molar-refractivity contribution in [1.29, 1.82) is 0 Å². The molecule has 0 saturated heterocycles. The molecule has 10 nitrogen and oxygen atoms in total. The Kier molecular flexibility index (Phi) is 9.96. The first-order valence-corrected chi connectivity index (χ1v) is 10.3. The van der Waals surface area contributed by atoms with E-state index in [0.29, 0.717) is 11.3 Å². The molecule has 4 N–H and O–H groups in total. The predicted molar refractivity (Wildman–Crippen MR) is 120 cm³/mol. The summed E-state index contributed by atoms with van der Waals surface area (Å²) in [6.45, 7) is 10.5. The fraction of sp³-hybridized carbons (Fsp3) is 0.545. The fourth-order valence-corrected chi connectivity index (χ4v) is 2.32.